The molecule has 0 aromatic carbocycles. The number of aromatic nitrogens is 1. The molecular weight excluding hydrogens is 224 g/mol. The van der Waals surface area contributed by atoms with E-state index in [1.54, 1.807) is 0 Å². The average Bonchev–Trinajstić information content (AvgIpc) is 2.77. The fraction of sp³-hybridized carbons (Fsp3) is 0.500. The van der Waals surface area contributed by atoms with Gasteiger partial charge in [-0.25, -0.2) is 4.98 Å². The van der Waals surface area contributed by atoms with Crippen molar-refractivity contribution in [1.82, 2.24) is 4.98 Å². The first kappa shape index (κ1) is 13.0. The Bertz CT molecular complexity index is 396. The Morgan fingerprint density at radius 3 is 2.44 bits per heavy atom. The van der Waals surface area contributed by atoms with Gasteiger partial charge in [-0.15, -0.1) is 0 Å². The second-order valence-electron chi connectivity index (χ2n) is 5.12. The summed E-state index contributed by atoms with van der Waals surface area (Å²) in [5.41, 5.74) is 7.49. The summed E-state index contributed by atoms with van der Waals surface area (Å²) in [4.78, 5) is 14.3. The third kappa shape index (κ3) is 5.12. The lowest BCUT2D eigenvalue weighted by Crippen LogP contribution is -2.19. The summed E-state index contributed by atoms with van der Waals surface area (Å²) in [5, 5.41) is 0.612. The zero-order valence-electron chi connectivity index (χ0n) is 9.88. The molecule has 0 atom stereocenters. The first-order valence-corrected chi connectivity index (χ1v) is 5.58. The van der Waals surface area contributed by atoms with Crippen molar-refractivity contribution >= 4 is 17.5 Å². The van der Waals surface area contributed by atoms with Crippen LogP contribution in [-0.2, 0) is 11.2 Å². The van der Waals surface area contributed by atoms with Crippen LogP contribution in [0.5, 0.6) is 0 Å². The fourth-order valence-electron chi connectivity index (χ4n) is 1.26. The van der Waals surface area contributed by atoms with Crippen LogP contribution in [0.3, 0.4) is 0 Å². The summed E-state index contributed by atoms with van der Waals surface area (Å²) in [6.45, 7) is 5.95. The lowest BCUT2D eigenvalue weighted by atomic mass is 9.92. The zero-order chi connectivity index (χ0) is 12.3. The van der Waals surface area contributed by atoms with Crippen molar-refractivity contribution in [3.63, 3.8) is 0 Å². The molecule has 0 radical (unpaired) electrons. The van der Waals surface area contributed by atoms with E-state index in [1.807, 2.05) is 32.9 Å². The van der Waals surface area contributed by atoms with Gasteiger partial charge in [0.1, 0.15) is 5.15 Å². The summed E-state index contributed by atoms with van der Waals surface area (Å²) in [5.74, 6) is -0.225. The molecule has 1 amide bonds. The molecule has 0 unspecified atom stereocenters. The van der Waals surface area contributed by atoms with Gasteiger partial charge in [-0.2, -0.15) is 0 Å². The minimum absolute atomic E-state index is 0.0475. The number of nitrogens with two attached hydrogens (primary N) is 1. The van der Waals surface area contributed by atoms with Gasteiger partial charge in [0.2, 0.25) is 5.91 Å². The Morgan fingerprint density at radius 1 is 1.50 bits per heavy atom. The molecule has 0 aliphatic heterocycles. The molecule has 1 aliphatic rings. The van der Waals surface area contributed by atoms with Crippen LogP contribution in [0.4, 0.5) is 0 Å². The molecule has 1 aliphatic carbocycles. The Labute approximate surface area is 101 Å². The highest BCUT2D eigenvalue weighted by Gasteiger charge is 2.17. The third-order valence-corrected chi connectivity index (χ3v) is 2.18. The van der Waals surface area contributed by atoms with Gasteiger partial charge in [-0.1, -0.05) is 38.4 Å². The summed E-state index contributed by atoms with van der Waals surface area (Å²) in [6, 6.07) is 3.85. The molecule has 0 saturated carbocycles. The highest BCUT2D eigenvalue weighted by Crippen LogP contribution is 2.26. The number of primary amides is 1. The molecule has 1 aromatic heterocycles. The number of nitrogens with zero attached hydrogens (tertiary/aromatic N) is 1. The predicted octanol–water partition coefficient (Wildman–Crippen LogP) is 2.55. The standard InChI is InChI=1S/C6H4ClN.C6H13NO/c7-6-2-1-4-3-5(4)8-6;1-6(2,3)4-5(7)8/h1-2H,3H2;4H2,1-3H3,(H2,7,8). The Hall–Kier alpha value is -1.09. The van der Waals surface area contributed by atoms with Crippen molar-refractivity contribution in [2.45, 2.75) is 33.6 Å². The van der Waals surface area contributed by atoms with Gasteiger partial charge < -0.3 is 5.73 Å². The maximum absolute atomic E-state index is 10.2. The zero-order valence-corrected chi connectivity index (χ0v) is 10.6. The molecule has 2 N–H and O–H groups in total. The molecule has 0 spiro atoms. The van der Waals surface area contributed by atoms with E-state index in [-0.39, 0.29) is 11.3 Å². The van der Waals surface area contributed by atoms with Crippen LogP contribution < -0.4 is 5.73 Å². The number of amides is 1. The van der Waals surface area contributed by atoms with Crippen LogP contribution in [0.2, 0.25) is 5.15 Å². The first-order valence-electron chi connectivity index (χ1n) is 5.20. The third-order valence-electron chi connectivity index (χ3n) is 1.97. The molecule has 0 bridgehead atoms. The van der Waals surface area contributed by atoms with Crippen molar-refractivity contribution < 1.29 is 4.79 Å². The lowest BCUT2D eigenvalue weighted by molar-refractivity contribution is -0.119. The Balaban J connectivity index is 0.000000160. The number of hydrogen-bond acceptors (Lipinski definition) is 2. The number of carbonyl (C=O) groups excluding carboxylic acids is 1. The number of carbonyl (C=O) groups is 1. The summed E-state index contributed by atoms with van der Waals surface area (Å²) < 4.78 is 0. The van der Waals surface area contributed by atoms with Crippen LogP contribution >= 0.6 is 11.6 Å². The molecule has 3 nitrogen and oxygen atoms in total. The van der Waals surface area contributed by atoms with Crippen molar-refractivity contribution in [2.24, 2.45) is 11.1 Å². The van der Waals surface area contributed by atoms with Crippen molar-refractivity contribution in [3.05, 3.63) is 28.5 Å². The quantitative estimate of drug-likeness (QED) is 0.779. The first-order chi connectivity index (χ1) is 7.28. The molecule has 1 aromatic rings. The summed E-state index contributed by atoms with van der Waals surface area (Å²) in [7, 11) is 0. The van der Waals surface area contributed by atoms with E-state index in [4.69, 9.17) is 17.3 Å². The van der Waals surface area contributed by atoms with Crippen molar-refractivity contribution in [1.29, 1.82) is 0 Å². The van der Waals surface area contributed by atoms with Gasteiger partial charge in [0.15, 0.2) is 0 Å². The van der Waals surface area contributed by atoms with Crippen molar-refractivity contribution in [3.8, 4) is 0 Å². The monoisotopic (exact) mass is 240 g/mol. The maximum atomic E-state index is 10.2. The number of fused-ring (bicyclic) bond motifs is 1. The largest absolute Gasteiger partial charge is 0.370 e. The van der Waals surface area contributed by atoms with E-state index in [2.05, 4.69) is 4.98 Å². The van der Waals surface area contributed by atoms with E-state index in [1.165, 1.54) is 5.56 Å². The van der Waals surface area contributed by atoms with Crippen LogP contribution in [0.1, 0.15) is 38.4 Å². The molecule has 0 fully saturated rings. The SMILES string of the molecule is CC(C)(C)CC(N)=O.Clc1ccc2c(n1)C2. The van der Waals surface area contributed by atoms with Crippen LogP contribution in [0, 0.1) is 5.41 Å². The van der Waals surface area contributed by atoms with E-state index in [0.29, 0.717) is 11.6 Å². The smallest absolute Gasteiger partial charge is 0.217 e. The molecule has 16 heavy (non-hydrogen) atoms. The van der Waals surface area contributed by atoms with Gasteiger partial charge in [-0.3, -0.25) is 4.79 Å². The van der Waals surface area contributed by atoms with E-state index in [9.17, 15) is 4.79 Å². The number of halogens is 1. The van der Waals surface area contributed by atoms with Gasteiger partial charge in [0.25, 0.3) is 0 Å². The van der Waals surface area contributed by atoms with E-state index >= 15 is 0 Å². The molecule has 4 heteroatoms. The Kier molecular flexibility index (Phi) is 3.92. The average molecular weight is 241 g/mol. The Morgan fingerprint density at radius 2 is 2.12 bits per heavy atom. The van der Waals surface area contributed by atoms with E-state index in [0.717, 1.165) is 12.1 Å². The fourth-order valence-corrected chi connectivity index (χ4v) is 1.43. The molecule has 88 valence electrons. The van der Waals surface area contributed by atoms with Gasteiger partial charge in [-0.05, 0) is 17.0 Å². The second kappa shape index (κ2) is 4.83. The topological polar surface area (TPSA) is 56.0 Å². The molecule has 2 rings (SSSR count). The number of pyridine rings is 1. The van der Waals surface area contributed by atoms with Crippen LogP contribution in [0.15, 0.2) is 12.1 Å². The normalized spacial score (nSPS) is 12.2. The van der Waals surface area contributed by atoms with Gasteiger partial charge in [0, 0.05) is 12.8 Å². The molecular formula is C12H17ClN2O. The molecule has 1 heterocycles. The molecule has 0 saturated heterocycles. The minimum Gasteiger partial charge on any atom is -0.370 e. The van der Waals surface area contributed by atoms with Crippen LogP contribution in [-0.4, -0.2) is 10.9 Å². The number of rotatable bonds is 1. The summed E-state index contributed by atoms with van der Waals surface area (Å²) in [6.07, 6.45) is 1.51. The van der Waals surface area contributed by atoms with Gasteiger partial charge >= 0.3 is 0 Å². The van der Waals surface area contributed by atoms with Crippen LogP contribution in [0.25, 0.3) is 0 Å². The lowest BCUT2D eigenvalue weighted by Gasteiger charge is -2.13. The minimum atomic E-state index is -0.225. The predicted molar refractivity (Wildman–Crippen MR) is 65.3 cm³/mol. The summed E-state index contributed by atoms with van der Waals surface area (Å²) >= 11 is 5.57. The van der Waals surface area contributed by atoms with E-state index < -0.39 is 0 Å². The second-order valence-corrected chi connectivity index (χ2v) is 5.51. The van der Waals surface area contributed by atoms with Crippen molar-refractivity contribution in [2.75, 3.05) is 0 Å². The highest BCUT2D eigenvalue weighted by molar-refractivity contribution is 6.29. The highest BCUT2D eigenvalue weighted by atomic mass is 35.5. The van der Waals surface area contributed by atoms with Gasteiger partial charge in [0.05, 0.1) is 5.69 Å². The maximum Gasteiger partial charge on any atom is 0.217 e. The number of hydrogen-bond donors (Lipinski definition) is 1.